The fourth-order valence-corrected chi connectivity index (χ4v) is 2.15. The number of hydrogen-bond acceptors (Lipinski definition) is 5. The van der Waals surface area contributed by atoms with Crippen molar-refractivity contribution >= 4 is 22.6 Å². The van der Waals surface area contributed by atoms with Crippen molar-refractivity contribution in [1.29, 1.82) is 0 Å². The lowest BCUT2D eigenvalue weighted by atomic mass is 10.1. The van der Waals surface area contributed by atoms with Gasteiger partial charge >= 0.3 is 11.1 Å². The van der Waals surface area contributed by atoms with Crippen LogP contribution < -0.4 is 16.4 Å². The Hall–Kier alpha value is -2.97. The van der Waals surface area contributed by atoms with E-state index in [9.17, 15) is 24.5 Å². The third-order valence-corrected chi connectivity index (χ3v) is 3.34. The lowest BCUT2D eigenvalue weighted by molar-refractivity contribution is -0.384. The fraction of sp³-hybridized carbons (Fsp3) is 0.357. The number of unbranched alkanes of at least 4 members (excludes halogenated alkanes) is 1. The number of aromatic nitrogens is 2. The van der Waals surface area contributed by atoms with Crippen LogP contribution in [0.15, 0.2) is 21.7 Å². The Labute approximate surface area is 129 Å². The number of hydrogen-bond donors (Lipinski definition) is 3. The van der Waals surface area contributed by atoms with Crippen LogP contribution in [0.3, 0.4) is 0 Å². The summed E-state index contributed by atoms with van der Waals surface area (Å²) < 4.78 is 0. The number of fused-ring (bicyclic) bond motifs is 1. The number of non-ortho nitro benzene ring substituents is 1. The molecule has 2 rings (SSSR count). The van der Waals surface area contributed by atoms with E-state index in [1.807, 2.05) is 6.92 Å². The summed E-state index contributed by atoms with van der Waals surface area (Å²) in [4.78, 5) is 49.6. The molecule has 0 aliphatic heterocycles. The number of rotatable bonds is 6. The number of nitro groups is 1. The van der Waals surface area contributed by atoms with Crippen molar-refractivity contribution in [2.24, 2.45) is 0 Å². The number of nitrogens with one attached hydrogen (secondary N) is 3. The van der Waals surface area contributed by atoms with Crippen LogP contribution in [0.2, 0.25) is 0 Å². The highest BCUT2D eigenvalue weighted by atomic mass is 16.6. The molecule has 1 amide bonds. The monoisotopic (exact) mass is 320 g/mol. The molecule has 23 heavy (non-hydrogen) atoms. The molecule has 0 aliphatic rings. The number of H-pyrrole nitrogens is 2. The third-order valence-electron chi connectivity index (χ3n) is 3.34. The summed E-state index contributed by atoms with van der Waals surface area (Å²) in [6, 6.07) is 2.42. The second-order valence-corrected chi connectivity index (χ2v) is 5.07. The van der Waals surface area contributed by atoms with Gasteiger partial charge in [0.05, 0.1) is 16.0 Å². The van der Waals surface area contributed by atoms with E-state index in [2.05, 4.69) is 15.3 Å². The summed E-state index contributed by atoms with van der Waals surface area (Å²) in [5.41, 5.74) is -1.23. The average Bonchev–Trinajstić information content (AvgIpc) is 2.51. The summed E-state index contributed by atoms with van der Waals surface area (Å²) in [5, 5.41) is 13.6. The number of carbonyl (C=O) groups is 1. The number of carbonyl (C=O) groups excluding carboxylic acids is 1. The third kappa shape index (κ3) is 3.82. The number of benzene rings is 1. The molecule has 1 heterocycles. The minimum absolute atomic E-state index is 0.0166. The minimum atomic E-state index is -0.893. The summed E-state index contributed by atoms with van der Waals surface area (Å²) in [6.45, 7) is 1.98. The van der Waals surface area contributed by atoms with Crippen LogP contribution in [0.25, 0.3) is 11.0 Å². The second kappa shape index (κ2) is 6.86. The molecule has 0 bridgehead atoms. The van der Waals surface area contributed by atoms with Crippen molar-refractivity contribution in [3.05, 3.63) is 48.5 Å². The normalized spacial score (nSPS) is 10.7. The quantitative estimate of drug-likeness (QED) is 0.413. The maximum absolute atomic E-state index is 11.7. The molecule has 0 saturated carbocycles. The molecule has 1 aromatic carbocycles. The van der Waals surface area contributed by atoms with Crippen LogP contribution in [0.1, 0.15) is 31.7 Å². The van der Waals surface area contributed by atoms with Gasteiger partial charge in [0.25, 0.3) is 5.69 Å². The predicted octanol–water partition coefficient (Wildman–Crippen LogP) is 0.931. The smallest absolute Gasteiger partial charge is 0.314 e. The SMILES string of the molecule is CCCCC(=O)NCc1cc([N+](=O)[O-])cc2[nH]c(=O)c(=O)[nH]c12. The van der Waals surface area contributed by atoms with Crippen LogP contribution in [-0.2, 0) is 11.3 Å². The lowest BCUT2D eigenvalue weighted by Crippen LogP contribution is -2.30. The molecule has 0 fully saturated rings. The van der Waals surface area contributed by atoms with Gasteiger partial charge in [-0.25, -0.2) is 0 Å². The van der Waals surface area contributed by atoms with Gasteiger partial charge < -0.3 is 15.3 Å². The predicted molar refractivity (Wildman–Crippen MR) is 83.2 cm³/mol. The standard InChI is InChI=1S/C14H16N4O5/c1-2-3-4-11(19)15-7-8-5-9(18(22)23)6-10-12(8)17-14(21)13(20)16-10/h5-6H,2-4,7H2,1H3,(H,15,19)(H,16,20)(H,17,21). The zero-order chi connectivity index (χ0) is 17.0. The highest BCUT2D eigenvalue weighted by Crippen LogP contribution is 2.21. The zero-order valence-corrected chi connectivity index (χ0v) is 12.5. The first-order chi connectivity index (χ1) is 10.9. The van der Waals surface area contributed by atoms with Crippen LogP contribution >= 0.6 is 0 Å². The van der Waals surface area contributed by atoms with Crippen molar-refractivity contribution in [1.82, 2.24) is 15.3 Å². The fourth-order valence-electron chi connectivity index (χ4n) is 2.15. The highest BCUT2D eigenvalue weighted by Gasteiger charge is 2.14. The van der Waals surface area contributed by atoms with E-state index in [1.165, 1.54) is 6.07 Å². The molecule has 0 atom stereocenters. The molecule has 122 valence electrons. The lowest BCUT2D eigenvalue weighted by Gasteiger charge is -2.08. The molecule has 9 nitrogen and oxygen atoms in total. The molecule has 0 radical (unpaired) electrons. The van der Waals surface area contributed by atoms with Crippen molar-refractivity contribution in [3.63, 3.8) is 0 Å². The van der Waals surface area contributed by atoms with Gasteiger partial charge in [0.15, 0.2) is 0 Å². The van der Waals surface area contributed by atoms with Crippen LogP contribution in [-0.4, -0.2) is 20.8 Å². The van der Waals surface area contributed by atoms with Gasteiger partial charge in [0.1, 0.15) is 0 Å². The molecule has 9 heteroatoms. The van der Waals surface area contributed by atoms with Gasteiger partial charge in [0, 0.05) is 30.7 Å². The van der Waals surface area contributed by atoms with Crippen molar-refractivity contribution in [2.75, 3.05) is 0 Å². The Kier molecular flexibility index (Phi) is 4.89. The van der Waals surface area contributed by atoms with Gasteiger partial charge in [-0.2, -0.15) is 0 Å². The molecular weight excluding hydrogens is 304 g/mol. The van der Waals surface area contributed by atoms with Gasteiger partial charge in [-0.05, 0) is 6.42 Å². The molecule has 3 N–H and O–H groups in total. The Morgan fingerprint density at radius 3 is 2.61 bits per heavy atom. The van der Waals surface area contributed by atoms with Crippen LogP contribution in [0.4, 0.5) is 5.69 Å². The number of nitro benzene ring substituents is 1. The molecule has 0 aliphatic carbocycles. The van der Waals surface area contributed by atoms with Gasteiger partial charge in [-0.1, -0.05) is 13.3 Å². The Bertz CT molecular complexity index is 868. The van der Waals surface area contributed by atoms with Gasteiger partial charge in [-0.15, -0.1) is 0 Å². The molecule has 0 unspecified atom stereocenters. The maximum Gasteiger partial charge on any atom is 0.314 e. The van der Waals surface area contributed by atoms with E-state index in [-0.39, 0.29) is 29.2 Å². The van der Waals surface area contributed by atoms with E-state index in [0.29, 0.717) is 12.0 Å². The Morgan fingerprint density at radius 2 is 1.96 bits per heavy atom. The minimum Gasteiger partial charge on any atom is -0.352 e. The first kappa shape index (κ1) is 16.4. The van der Waals surface area contributed by atoms with E-state index >= 15 is 0 Å². The first-order valence-electron chi connectivity index (χ1n) is 7.12. The van der Waals surface area contributed by atoms with E-state index < -0.39 is 16.0 Å². The molecular formula is C14H16N4O5. The average molecular weight is 320 g/mol. The number of nitrogens with zero attached hydrogens (tertiary/aromatic N) is 1. The van der Waals surface area contributed by atoms with Crippen LogP contribution in [0, 0.1) is 10.1 Å². The van der Waals surface area contributed by atoms with E-state index in [0.717, 1.165) is 18.9 Å². The Morgan fingerprint density at radius 1 is 1.26 bits per heavy atom. The number of aromatic amines is 2. The summed E-state index contributed by atoms with van der Waals surface area (Å²) in [6.07, 6.45) is 1.98. The Balaban J connectivity index is 2.41. The zero-order valence-electron chi connectivity index (χ0n) is 12.5. The van der Waals surface area contributed by atoms with Crippen molar-refractivity contribution in [2.45, 2.75) is 32.7 Å². The van der Waals surface area contributed by atoms with Crippen LogP contribution in [0.5, 0.6) is 0 Å². The highest BCUT2D eigenvalue weighted by molar-refractivity contribution is 5.81. The van der Waals surface area contributed by atoms with Crippen molar-refractivity contribution in [3.8, 4) is 0 Å². The van der Waals surface area contributed by atoms with Gasteiger partial charge in [0.2, 0.25) is 5.91 Å². The first-order valence-corrected chi connectivity index (χ1v) is 7.12. The number of amides is 1. The molecule has 2 aromatic rings. The van der Waals surface area contributed by atoms with Gasteiger partial charge in [-0.3, -0.25) is 24.5 Å². The largest absolute Gasteiger partial charge is 0.352 e. The summed E-state index contributed by atoms with van der Waals surface area (Å²) in [7, 11) is 0. The summed E-state index contributed by atoms with van der Waals surface area (Å²) in [5.74, 6) is -0.182. The molecule has 1 aromatic heterocycles. The van der Waals surface area contributed by atoms with Crippen molar-refractivity contribution < 1.29 is 9.72 Å². The topological polar surface area (TPSA) is 138 Å². The van der Waals surface area contributed by atoms with E-state index in [1.54, 1.807) is 0 Å². The summed E-state index contributed by atoms with van der Waals surface area (Å²) >= 11 is 0. The molecule has 0 spiro atoms. The molecule has 0 saturated heterocycles. The maximum atomic E-state index is 11.7. The second-order valence-electron chi connectivity index (χ2n) is 5.07. The van der Waals surface area contributed by atoms with E-state index in [4.69, 9.17) is 0 Å².